The minimum absolute atomic E-state index is 0.763. The maximum absolute atomic E-state index is 6.47. The average Bonchev–Trinajstić information content (AvgIpc) is 2.53. The minimum atomic E-state index is -1.82. The van der Waals surface area contributed by atoms with Gasteiger partial charge in [-0.25, -0.2) is 0 Å². The maximum Gasteiger partial charge on any atom is 0.390 e. The lowest BCUT2D eigenvalue weighted by Crippen LogP contribution is -2.53. The molecule has 0 saturated heterocycles. The summed E-state index contributed by atoms with van der Waals surface area (Å²) in [5, 5.41) is 2.29. The zero-order valence-corrected chi connectivity index (χ0v) is 15.1. The molecule has 0 bridgehead atoms. The zero-order valence-electron chi connectivity index (χ0n) is 11.6. The van der Waals surface area contributed by atoms with Crippen LogP contribution in [0.1, 0.15) is 0 Å². The first-order valence-electron chi connectivity index (χ1n) is 6.92. The molecular formula is C18H12AlCl3. The van der Waals surface area contributed by atoms with Crippen LogP contribution in [0, 0.1) is 0 Å². The van der Waals surface area contributed by atoms with E-state index in [1.54, 1.807) is 0 Å². The molecule has 108 valence electrons. The molecule has 0 spiro atoms. The SMILES string of the molecule is Clc1cccc[c]1[Al]([c]1ccccc1Cl)[c]1ccccc1Cl. The van der Waals surface area contributed by atoms with E-state index in [-0.39, 0.29) is 0 Å². The first-order chi connectivity index (χ1) is 10.7. The van der Waals surface area contributed by atoms with Crippen LogP contribution in [0.4, 0.5) is 0 Å². The summed E-state index contributed by atoms with van der Waals surface area (Å²) >= 11 is 17.6. The number of halogens is 3. The standard InChI is InChI=1S/3C6H4Cl.Al/c3*7-6-4-2-1-3-5-6;/h3*1-4H;. The third kappa shape index (κ3) is 3.20. The Hall–Kier alpha value is -0.938. The van der Waals surface area contributed by atoms with Crippen molar-refractivity contribution in [2.75, 3.05) is 0 Å². The molecule has 0 aromatic heterocycles. The summed E-state index contributed by atoms with van der Waals surface area (Å²) in [6, 6.07) is 23.8. The number of hydrogen-bond acceptors (Lipinski definition) is 0. The van der Waals surface area contributed by atoms with Gasteiger partial charge in [0.05, 0.1) is 0 Å². The van der Waals surface area contributed by atoms with Crippen LogP contribution in [-0.2, 0) is 0 Å². The number of benzene rings is 3. The lowest BCUT2D eigenvalue weighted by atomic mass is 10.3. The summed E-state index contributed by atoms with van der Waals surface area (Å²) in [6.45, 7) is 0. The van der Waals surface area contributed by atoms with Gasteiger partial charge in [0, 0.05) is 15.1 Å². The molecule has 3 rings (SSSR count). The minimum Gasteiger partial charge on any atom is -0.0856 e. The first kappa shape index (κ1) is 15.9. The van der Waals surface area contributed by atoms with Crippen LogP contribution in [0.2, 0.25) is 15.1 Å². The van der Waals surface area contributed by atoms with E-state index in [9.17, 15) is 0 Å². The average molecular weight is 362 g/mol. The van der Waals surface area contributed by atoms with Crippen LogP contribution < -0.4 is 13.3 Å². The van der Waals surface area contributed by atoms with E-state index in [0.29, 0.717) is 0 Å². The predicted octanol–water partition coefficient (Wildman–Crippen LogP) is 4.16. The van der Waals surface area contributed by atoms with Crippen LogP contribution in [0.25, 0.3) is 0 Å². The van der Waals surface area contributed by atoms with Gasteiger partial charge in [0.2, 0.25) is 0 Å². The normalized spacial score (nSPS) is 10.5. The van der Waals surface area contributed by atoms with Gasteiger partial charge in [-0.2, -0.15) is 0 Å². The molecular weight excluding hydrogens is 350 g/mol. The molecule has 0 nitrogen and oxygen atoms in total. The Bertz CT molecular complexity index is 693. The molecule has 0 aliphatic carbocycles. The first-order valence-corrected chi connectivity index (χ1v) is 9.78. The van der Waals surface area contributed by atoms with E-state index in [1.165, 1.54) is 0 Å². The van der Waals surface area contributed by atoms with Gasteiger partial charge in [-0.15, -0.1) is 0 Å². The maximum atomic E-state index is 6.47. The highest BCUT2D eigenvalue weighted by molar-refractivity contribution is 6.98. The number of hydrogen-bond donors (Lipinski definition) is 0. The molecule has 0 unspecified atom stereocenters. The fraction of sp³-hybridized carbons (Fsp3) is 0. The highest BCUT2D eigenvalue weighted by Crippen LogP contribution is 2.13. The molecule has 0 saturated carbocycles. The van der Waals surface area contributed by atoms with Crippen LogP contribution >= 0.6 is 34.8 Å². The monoisotopic (exact) mass is 360 g/mol. The molecule has 0 amide bonds. The second-order valence-electron chi connectivity index (χ2n) is 5.00. The highest BCUT2D eigenvalue weighted by atomic mass is 35.5. The van der Waals surface area contributed by atoms with Crippen molar-refractivity contribution in [3.05, 3.63) is 87.9 Å². The van der Waals surface area contributed by atoms with E-state index >= 15 is 0 Å². The quantitative estimate of drug-likeness (QED) is 0.615. The second-order valence-corrected chi connectivity index (χ2v) is 8.95. The molecule has 22 heavy (non-hydrogen) atoms. The van der Waals surface area contributed by atoms with Crippen LogP contribution in [-0.4, -0.2) is 14.1 Å². The van der Waals surface area contributed by atoms with Gasteiger partial charge in [0.15, 0.2) is 0 Å². The Balaban J connectivity index is 2.27. The molecule has 0 radical (unpaired) electrons. The molecule has 0 heterocycles. The van der Waals surface area contributed by atoms with E-state index < -0.39 is 14.1 Å². The second kappa shape index (κ2) is 7.09. The lowest BCUT2D eigenvalue weighted by Gasteiger charge is -2.17. The molecule has 0 N–H and O–H groups in total. The van der Waals surface area contributed by atoms with Gasteiger partial charge >= 0.3 is 14.1 Å². The number of rotatable bonds is 3. The Labute approximate surface area is 149 Å². The molecule has 3 aromatic rings. The summed E-state index contributed by atoms with van der Waals surface area (Å²) in [5.41, 5.74) is 0. The van der Waals surface area contributed by atoms with Gasteiger partial charge in [-0.3, -0.25) is 0 Å². The fourth-order valence-corrected chi connectivity index (χ4v) is 7.05. The Kier molecular flexibility index (Phi) is 5.14. The summed E-state index contributed by atoms with van der Waals surface area (Å²) in [6.07, 6.45) is 0. The van der Waals surface area contributed by atoms with Crippen molar-refractivity contribution >= 4 is 62.2 Å². The van der Waals surface area contributed by atoms with Crippen molar-refractivity contribution in [1.82, 2.24) is 0 Å². The van der Waals surface area contributed by atoms with E-state index in [2.05, 4.69) is 18.2 Å². The summed E-state index contributed by atoms with van der Waals surface area (Å²) in [4.78, 5) is 0. The third-order valence-electron chi connectivity index (χ3n) is 3.65. The smallest absolute Gasteiger partial charge is 0.0856 e. The summed E-state index contributed by atoms with van der Waals surface area (Å²) < 4.78 is 3.39. The van der Waals surface area contributed by atoms with Crippen molar-refractivity contribution in [2.45, 2.75) is 0 Å². The summed E-state index contributed by atoms with van der Waals surface area (Å²) in [7, 11) is 0. The topological polar surface area (TPSA) is 0 Å². The predicted molar refractivity (Wildman–Crippen MR) is 99.0 cm³/mol. The molecule has 0 aliphatic rings. The Morgan fingerprint density at radius 1 is 0.455 bits per heavy atom. The van der Waals surface area contributed by atoms with Crippen molar-refractivity contribution in [3.63, 3.8) is 0 Å². The van der Waals surface area contributed by atoms with Crippen LogP contribution in [0.3, 0.4) is 0 Å². The Morgan fingerprint density at radius 2 is 0.727 bits per heavy atom. The molecule has 0 fully saturated rings. The molecule has 0 atom stereocenters. The van der Waals surface area contributed by atoms with E-state index in [4.69, 9.17) is 34.8 Å². The molecule has 0 aliphatic heterocycles. The van der Waals surface area contributed by atoms with Gasteiger partial charge in [0.1, 0.15) is 0 Å². The lowest BCUT2D eigenvalue weighted by molar-refractivity contribution is 1.71. The van der Waals surface area contributed by atoms with Gasteiger partial charge in [-0.1, -0.05) is 103 Å². The highest BCUT2D eigenvalue weighted by Gasteiger charge is 2.30. The van der Waals surface area contributed by atoms with E-state index in [1.807, 2.05) is 54.6 Å². The van der Waals surface area contributed by atoms with Crippen molar-refractivity contribution < 1.29 is 0 Å². The molecule has 3 aromatic carbocycles. The van der Waals surface area contributed by atoms with Crippen LogP contribution in [0.15, 0.2) is 72.8 Å². The van der Waals surface area contributed by atoms with Crippen molar-refractivity contribution in [1.29, 1.82) is 0 Å². The van der Waals surface area contributed by atoms with Gasteiger partial charge in [-0.05, 0) is 18.2 Å². The van der Waals surface area contributed by atoms with Crippen LogP contribution in [0.5, 0.6) is 0 Å². The van der Waals surface area contributed by atoms with Crippen molar-refractivity contribution in [3.8, 4) is 0 Å². The van der Waals surface area contributed by atoms with Gasteiger partial charge in [0.25, 0.3) is 0 Å². The molecule has 4 heteroatoms. The third-order valence-corrected chi connectivity index (χ3v) is 8.61. The van der Waals surface area contributed by atoms with Crippen molar-refractivity contribution in [2.24, 2.45) is 0 Å². The largest absolute Gasteiger partial charge is 0.390 e. The summed E-state index contributed by atoms with van der Waals surface area (Å²) in [5.74, 6) is 0. The van der Waals surface area contributed by atoms with Gasteiger partial charge < -0.3 is 0 Å². The van der Waals surface area contributed by atoms with E-state index in [0.717, 1.165) is 28.3 Å². The zero-order chi connectivity index (χ0) is 15.5. The fourth-order valence-electron chi connectivity index (χ4n) is 2.63. The Morgan fingerprint density at radius 3 is 1.00 bits per heavy atom.